The molecule has 0 saturated carbocycles. The maximum Gasteiger partial charge on any atom is 0.337 e. The van der Waals surface area contributed by atoms with E-state index in [-0.39, 0.29) is 5.56 Å². The number of anilines is 1. The zero-order valence-corrected chi connectivity index (χ0v) is 14.4. The number of nitrogens with zero attached hydrogens (tertiary/aromatic N) is 1. The normalized spacial score (nSPS) is 11.0. The van der Waals surface area contributed by atoms with E-state index >= 15 is 0 Å². The standard InChI is InChI=1S/C19H17ClN2O3/c1-25-9-8-12-3-4-14-13(16-10-11(20)2-7-17(16)21)5-6-15(19(23)24)18(14)22-12/h2-7,10H,8-9,21H2,1H3,(H,23,24). The van der Waals surface area contributed by atoms with Gasteiger partial charge < -0.3 is 15.6 Å². The second kappa shape index (κ2) is 7.09. The van der Waals surface area contributed by atoms with Gasteiger partial charge in [0.25, 0.3) is 0 Å². The number of nitrogen functional groups attached to an aromatic ring is 1. The summed E-state index contributed by atoms with van der Waals surface area (Å²) in [5.74, 6) is -1.02. The zero-order chi connectivity index (χ0) is 18.0. The third kappa shape index (κ3) is 3.43. The van der Waals surface area contributed by atoms with E-state index in [9.17, 15) is 9.90 Å². The lowest BCUT2D eigenvalue weighted by Crippen LogP contribution is -2.03. The van der Waals surface area contributed by atoms with E-state index in [1.807, 2.05) is 12.1 Å². The number of aromatic nitrogens is 1. The van der Waals surface area contributed by atoms with E-state index in [0.29, 0.717) is 29.3 Å². The predicted octanol–water partition coefficient (Wildman–Crippen LogP) is 4.02. The Balaban J connectivity index is 2.26. The molecule has 0 unspecified atom stereocenters. The number of carboxylic acids is 1. The fourth-order valence-electron chi connectivity index (χ4n) is 2.77. The van der Waals surface area contributed by atoms with Crippen LogP contribution in [0.2, 0.25) is 5.02 Å². The molecular formula is C19H17ClN2O3. The lowest BCUT2D eigenvalue weighted by molar-refractivity contribution is 0.0699. The van der Waals surface area contributed by atoms with Crippen LogP contribution in [0.15, 0.2) is 42.5 Å². The van der Waals surface area contributed by atoms with E-state index in [1.165, 1.54) is 0 Å². The number of fused-ring (bicyclic) bond motifs is 1. The quantitative estimate of drug-likeness (QED) is 0.674. The zero-order valence-electron chi connectivity index (χ0n) is 13.6. The first-order valence-electron chi connectivity index (χ1n) is 7.71. The maximum absolute atomic E-state index is 11.6. The van der Waals surface area contributed by atoms with Gasteiger partial charge in [-0.3, -0.25) is 4.98 Å². The molecule has 128 valence electrons. The molecule has 0 amide bonds. The van der Waals surface area contributed by atoms with Crippen molar-refractivity contribution in [3.8, 4) is 11.1 Å². The van der Waals surface area contributed by atoms with Crippen LogP contribution in [-0.4, -0.2) is 29.8 Å². The molecule has 0 aliphatic heterocycles. The minimum Gasteiger partial charge on any atom is -0.478 e. The van der Waals surface area contributed by atoms with Crippen molar-refractivity contribution < 1.29 is 14.6 Å². The average Bonchev–Trinajstić information content (AvgIpc) is 2.60. The Bertz CT molecular complexity index is 957. The summed E-state index contributed by atoms with van der Waals surface area (Å²) < 4.78 is 5.07. The van der Waals surface area contributed by atoms with E-state index in [0.717, 1.165) is 22.2 Å². The highest BCUT2D eigenvalue weighted by atomic mass is 35.5. The first-order valence-corrected chi connectivity index (χ1v) is 8.09. The topological polar surface area (TPSA) is 85.4 Å². The molecule has 1 heterocycles. The van der Waals surface area contributed by atoms with Crippen molar-refractivity contribution in [2.75, 3.05) is 19.5 Å². The van der Waals surface area contributed by atoms with Crippen LogP contribution in [0.5, 0.6) is 0 Å². The molecule has 0 atom stereocenters. The number of rotatable bonds is 5. The van der Waals surface area contributed by atoms with Gasteiger partial charge in [0.2, 0.25) is 0 Å². The van der Waals surface area contributed by atoms with Gasteiger partial charge in [-0.1, -0.05) is 23.7 Å². The molecule has 0 fully saturated rings. The number of hydrogen-bond donors (Lipinski definition) is 2. The summed E-state index contributed by atoms with van der Waals surface area (Å²) in [4.78, 5) is 16.1. The smallest absolute Gasteiger partial charge is 0.337 e. The van der Waals surface area contributed by atoms with Crippen molar-refractivity contribution in [1.82, 2.24) is 4.98 Å². The number of pyridine rings is 1. The van der Waals surface area contributed by atoms with Crippen LogP contribution in [0.25, 0.3) is 22.0 Å². The molecule has 0 saturated heterocycles. The Hall–Kier alpha value is -2.63. The average molecular weight is 357 g/mol. The predicted molar refractivity (Wildman–Crippen MR) is 99.1 cm³/mol. The number of aromatic carboxylic acids is 1. The first-order chi connectivity index (χ1) is 12.0. The fraction of sp³-hybridized carbons (Fsp3) is 0.158. The number of hydrogen-bond acceptors (Lipinski definition) is 4. The number of ether oxygens (including phenoxy) is 1. The SMILES string of the molecule is COCCc1ccc2c(-c3cc(Cl)ccc3N)ccc(C(=O)O)c2n1. The molecule has 6 heteroatoms. The fourth-order valence-corrected chi connectivity index (χ4v) is 2.94. The first kappa shape index (κ1) is 17.2. The molecule has 0 bridgehead atoms. The Morgan fingerprint density at radius 3 is 2.72 bits per heavy atom. The molecule has 25 heavy (non-hydrogen) atoms. The minimum absolute atomic E-state index is 0.151. The second-order valence-electron chi connectivity index (χ2n) is 5.64. The van der Waals surface area contributed by atoms with E-state index in [1.54, 1.807) is 37.4 Å². The Kier molecular flexibility index (Phi) is 4.88. The van der Waals surface area contributed by atoms with Gasteiger partial charge in [-0.25, -0.2) is 4.79 Å². The Labute approximate surface area is 150 Å². The van der Waals surface area contributed by atoms with Crippen LogP contribution < -0.4 is 5.73 Å². The lowest BCUT2D eigenvalue weighted by atomic mass is 9.96. The van der Waals surface area contributed by atoms with Gasteiger partial charge in [0.15, 0.2) is 0 Å². The minimum atomic E-state index is -1.02. The van der Waals surface area contributed by atoms with Crippen LogP contribution in [-0.2, 0) is 11.2 Å². The number of carbonyl (C=O) groups is 1. The third-order valence-electron chi connectivity index (χ3n) is 4.01. The van der Waals surface area contributed by atoms with E-state index in [2.05, 4.69) is 4.98 Å². The van der Waals surface area contributed by atoms with Gasteiger partial charge in [-0.15, -0.1) is 0 Å². The van der Waals surface area contributed by atoms with Crippen LogP contribution in [0, 0.1) is 0 Å². The van der Waals surface area contributed by atoms with Gasteiger partial charge in [0.05, 0.1) is 17.7 Å². The highest BCUT2D eigenvalue weighted by Crippen LogP contribution is 2.35. The number of halogens is 1. The molecule has 3 aromatic rings. The van der Waals surface area contributed by atoms with Crippen LogP contribution >= 0.6 is 11.6 Å². The Morgan fingerprint density at radius 1 is 1.20 bits per heavy atom. The number of benzene rings is 2. The van der Waals surface area contributed by atoms with Gasteiger partial charge in [0, 0.05) is 40.9 Å². The molecule has 3 rings (SSSR count). The van der Waals surface area contributed by atoms with Crippen LogP contribution in [0.3, 0.4) is 0 Å². The van der Waals surface area contributed by atoms with E-state index in [4.69, 9.17) is 22.1 Å². The number of carboxylic acid groups (broad SMARTS) is 1. The van der Waals surface area contributed by atoms with Gasteiger partial charge in [-0.05, 0) is 35.9 Å². The van der Waals surface area contributed by atoms with Crippen LogP contribution in [0.4, 0.5) is 5.69 Å². The molecule has 0 aliphatic rings. The van der Waals surface area contributed by atoms with Gasteiger partial charge in [-0.2, -0.15) is 0 Å². The Morgan fingerprint density at radius 2 is 2.00 bits per heavy atom. The van der Waals surface area contributed by atoms with Crippen molar-refractivity contribution >= 4 is 34.2 Å². The summed E-state index contributed by atoms with van der Waals surface area (Å²) in [6.07, 6.45) is 0.606. The highest BCUT2D eigenvalue weighted by molar-refractivity contribution is 6.31. The molecule has 0 radical (unpaired) electrons. The molecule has 5 nitrogen and oxygen atoms in total. The van der Waals surface area contributed by atoms with Crippen molar-refractivity contribution in [2.24, 2.45) is 0 Å². The second-order valence-corrected chi connectivity index (χ2v) is 6.08. The summed E-state index contributed by atoms with van der Waals surface area (Å²) in [5.41, 5.74) is 9.56. The van der Waals surface area contributed by atoms with Crippen molar-refractivity contribution in [2.45, 2.75) is 6.42 Å². The highest BCUT2D eigenvalue weighted by Gasteiger charge is 2.16. The molecule has 3 N–H and O–H groups in total. The summed E-state index contributed by atoms with van der Waals surface area (Å²) in [6, 6.07) is 12.2. The molecular weight excluding hydrogens is 340 g/mol. The third-order valence-corrected chi connectivity index (χ3v) is 4.25. The number of nitrogens with two attached hydrogens (primary N) is 1. The summed E-state index contributed by atoms with van der Waals surface area (Å²) in [6.45, 7) is 0.516. The van der Waals surface area contributed by atoms with E-state index < -0.39 is 5.97 Å². The molecule has 2 aromatic carbocycles. The molecule has 1 aromatic heterocycles. The lowest BCUT2D eigenvalue weighted by Gasteiger charge is -2.12. The maximum atomic E-state index is 11.6. The largest absolute Gasteiger partial charge is 0.478 e. The van der Waals surface area contributed by atoms with Gasteiger partial charge in [0.1, 0.15) is 0 Å². The van der Waals surface area contributed by atoms with Gasteiger partial charge >= 0.3 is 5.97 Å². The van der Waals surface area contributed by atoms with Crippen molar-refractivity contribution in [1.29, 1.82) is 0 Å². The molecule has 0 aliphatic carbocycles. The summed E-state index contributed by atoms with van der Waals surface area (Å²) >= 11 is 6.10. The monoisotopic (exact) mass is 356 g/mol. The van der Waals surface area contributed by atoms with Crippen molar-refractivity contribution in [3.63, 3.8) is 0 Å². The van der Waals surface area contributed by atoms with Crippen molar-refractivity contribution in [3.05, 3.63) is 58.7 Å². The summed E-state index contributed by atoms with van der Waals surface area (Å²) in [5, 5.41) is 10.8. The molecule has 0 spiro atoms. The summed E-state index contributed by atoms with van der Waals surface area (Å²) in [7, 11) is 1.61. The van der Waals surface area contributed by atoms with Crippen LogP contribution in [0.1, 0.15) is 16.1 Å². The number of methoxy groups -OCH3 is 1.